The lowest BCUT2D eigenvalue weighted by Gasteiger charge is -2.08. The molecule has 0 aliphatic rings. The molecule has 0 fully saturated rings. The molecule has 2 aromatic heterocycles. The molecule has 6 heteroatoms. The Labute approximate surface area is 108 Å². The molecular formula is C13H11N5O. The van der Waals surface area contributed by atoms with Crippen molar-refractivity contribution >= 4 is 22.5 Å². The molecule has 0 unspecified atom stereocenters. The van der Waals surface area contributed by atoms with Gasteiger partial charge < -0.3 is 5.32 Å². The van der Waals surface area contributed by atoms with Crippen LogP contribution in [0, 0.1) is 6.92 Å². The topological polar surface area (TPSA) is 83.6 Å². The molecule has 0 aliphatic carbocycles. The maximum atomic E-state index is 11.9. The summed E-state index contributed by atoms with van der Waals surface area (Å²) in [6.45, 7) is 1.98. The van der Waals surface area contributed by atoms with Crippen molar-refractivity contribution in [2.45, 2.75) is 6.92 Å². The molecule has 1 amide bonds. The molecule has 2 N–H and O–H groups in total. The second kappa shape index (κ2) is 4.49. The van der Waals surface area contributed by atoms with Gasteiger partial charge in [0.15, 0.2) is 0 Å². The maximum Gasteiger partial charge on any atom is 0.292 e. The first-order valence-corrected chi connectivity index (χ1v) is 5.77. The van der Waals surface area contributed by atoms with Crippen molar-refractivity contribution in [1.29, 1.82) is 0 Å². The second-order valence-electron chi connectivity index (χ2n) is 4.12. The average molecular weight is 253 g/mol. The quantitative estimate of drug-likeness (QED) is 0.730. The number of H-pyrrole nitrogens is 1. The SMILES string of the molecule is Cc1ccc(NC(=O)c2ncn[nH]2)c2cccnc12. The van der Waals surface area contributed by atoms with E-state index in [0.29, 0.717) is 5.69 Å². The van der Waals surface area contributed by atoms with Crippen molar-refractivity contribution in [1.82, 2.24) is 20.2 Å². The van der Waals surface area contributed by atoms with Gasteiger partial charge in [-0.1, -0.05) is 6.07 Å². The number of benzene rings is 1. The number of fused-ring (bicyclic) bond motifs is 1. The summed E-state index contributed by atoms with van der Waals surface area (Å²) in [5, 5.41) is 9.88. The summed E-state index contributed by atoms with van der Waals surface area (Å²) in [5.74, 6) is -0.149. The smallest absolute Gasteiger partial charge is 0.292 e. The number of hydrogen-bond acceptors (Lipinski definition) is 4. The first-order chi connectivity index (χ1) is 9.25. The van der Waals surface area contributed by atoms with Gasteiger partial charge in [0.05, 0.1) is 11.2 Å². The van der Waals surface area contributed by atoms with Gasteiger partial charge in [0, 0.05) is 11.6 Å². The summed E-state index contributed by atoms with van der Waals surface area (Å²) < 4.78 is 0. The Morgan fingerprint density at radius 2 is 2.16 bits per heavy atom. The van der Waals surface area contributed by atoms with E-state index in [-0.39, 0.29) is 11.7 Å². The van der Waals surface area contributed by atoms with Gasteiger partial charge in [0.2, 0.25) is 5.82 Å². The Balaban J connectivity index is 2.02. The zero-order valence-corrected chi connectivity index (χ0v) is 10.2. The van der Waals surface area contributed by atoms with Gasteiger partial charge in [-0.15, -0.1) is 0 Å². The Hall–Kier alpha value is -2.76. The summed E-state index contributed by atoms with van der Waals surface area (Å²) in [4.78, 5) is 20.1. The van der Waals surface area contributed by atoms with Gasteiger partial charge in [-0.25, -0.2) is 4.98 Å². The summed E-state index contributed by atoms with van der Waals surface area (Å²) in [7, 11) is 0. The number of carbonyl (C=O) groups is 1. The molecule has 19 heavy (non-hydrogen) atoms. The molecule has 3 aromatic rings. The third kappa shape index (κ3) is 2.03. The molecule has 0 radical (unpaired) electrons. The van der Waals surface area contributed by atoms with E-state index in [4.69, 9.17) is 0 Å². The van der Waals surface area contributed by atoms with Crippen LogP contribution >= 0.6 is 0 Å². The molecule has 0 atom stereocenters. The van der Waals surface area contributed by atoms with Crippen molar-refractivity contribution in [3.63, 3.8) is 0 Å². The van der Waals surface area contributed by atoms with Crippen LogP contribution in [-0.4, -0.2) is 26.1 Å². The normalized spacial score (nSPS) is 10.6. The maximum absolute atomic E-state index is 11.9. The van der Waals surface area contributed by atoms with Crippen LogP contribution in [0.4, 0.5) is 5.69 Å². The van der Waals surface area contributed by atoms with Crippen LogP contribution in [-0.2, 0) is 0 Å². The van der Waals surface area contributed by atoms with Crippen LogP contribution in [0.15, 0.2) is 36.8 Å². The summed E-state index contributed by atoms with van der Waals surface area (Å²) in [6, 6.07) is 7.54. The third-order valence-corrected chi connectivity index (χ3v) is 2.85. The van der Waals surface area contributed by atoms with Crippen LogP contribution in [0.1, 0.15) is 16.2 Å². The molecule has 0 spiro atoms. The van der Waals surface area contributed by atoms with Crippen LogP contribution in [0.3, 0.4) is 0 Å². The minimum absolute atomic E-state index is 0.178. The predicted molar refractivity (Wildman–Crippen MR) is 70.8 cm³/mol. The minimum Gasteiger partial charge on any atom is -0.319 e. The summed E-state index contributed by atoms with van der Waals surface area (Å²) in [5.41, 5.74) is 2.64. The molecule has 0 saturated carbocycles. The molecule has 0 aliphatic heterocycles. The van der Waals surface area contributed by atoms with E-state index < -0.39 is 0 Å². The lowest BCUT2D eigenvalue weighted by molar-refractivity contribution is 0.101. The number of rotatable bonds is 2. The number of aryl methyl sites for hydroxylation is 1. The Morgan fingerprint density at radius 1 is 1.26 bits per heavy atom. The highest BCUT2D eigenvalue weighted by Gasteiger charge is 2.11. The van der Waals surface area contributed by atoms with E-state index in [2.05, 4.69) is 25.5 Å². The van der Waals surface area contributed by atoms with E-state index in [1.54, 1.807) is 6.20 Å². The Bertz CT molecular complexity index is 736. The van der Waals surface area contributed by atoms with Crippen molar-refractivity contribution in [3.05, 3.63) is 48.2 Å². The summed E-state index contributed by atoms with van der Waals surface area (Å²) in [6.07, 6.45) is 3.03. The van der Waals surface area contributed by atoms with E-state index >= 15 is 0 Å². The van der Waals surface area contributed by atoms with Crippen LogP contribution in [0.25, 0.3) is 10.9 Å². The highest BCUT2D eigenvalue weighted by atomic mass is 16.2. The molecule has 6 nitrogen and oxygen atoms in total. The van der Waals surface area contributed by atoms with Crippen molar-refractivity contribution in [2.24, 2.45) is 0 Å². The number of amides is 1. The number of nitrogens with zero attached hydrogens (tertiary/aromatic N) is 3. The van der Waals surface area contributed by atoms with E-state index in [1.807, 2.05) is 31.2 Å². The van der Waals surface area contributed by atoms with Crippen LogP contribution in [0.5, 0.6) is 0 Å². The fraction of sp³-hybridized carbons (Fsp3) is 0.0769. The number of hydrogen-bond donors (Lipinski definition) is 2. The minimum atomic E-state index is -0.327. The van der Waals surface area contributed by atoms with Gasteiger partial charge in [-0.2, -0.15) is 5.10 Å². The molecule has 3 rings (SSSR count). The highest BCUT2D eigenvalue weighted by Crippen LogP contribution is 2.24. The van der Waals surface area contributed by atoms with Gasteiger partial charge in [-0.3, -0.25) is 14.9 Å². The Morgan fingerprint density at radius 3 is 2.95 bits per heavy atom. The third-order valence-electron chi connectivity index (χ3n) is 2.85. The monoisotopic (exact) mass is 253 g/mol. The fourth-order valence-electron chi connectivity index (χ4n) is 1.92. The molecule has 94 valence electrons. The zero-order chi connectivity index (χ0) is 13.2. The van der Waals surface area contributed by atoms with Crippen molar-refractivity contribution in [3.8, 4) is 0 Å². The van der Waals surface area contributed by atoms with Gasteiger partial charge >= 0.3 is 0 Å². The molecular weight excluding hydrogens is 242 g/mol. The van der Waals surface area contributed by atoms with Crippen molar-refractivity contribution < 1.29 is 4.79 Å². The average Bonchev–Trinajstić information content (AvgIpc) is 2.96. The number of carbonyl (C=O) groups excluding carboxylic acids is 1. The number of pyridine rings is 1. The second-order valence-corrected chi connectivity index (χ2v) is 4.12. The van der Waals surface area contributed by atoms with Gasteiger partial charge in [-0.05, 0) is 30.7 Å². The molecule has 1 aromatic carbocycles. The van der Waals surface area contributed by atoms with E-state index in [9.17, 15) is 4.79 Å². The molecule has 0 bridgehead atoms. The molecule has 2 heterocycles. The fourth-order valence-corrected chi connectivity index (χ4v) is 1.92. The van der Waals surface area contributed by atoms with Gasteiger partial charge in [0.25, 0.3) is 5.91 Å². The number of nitrogens with one attached hydrogen (secondary N) is 2. The largest absolute Gasteiger partial charge is 0.319 e. The molecule has 0 saturated heterocycles. The summed E-state index contributed by atoms with van der Waals surface area (Å²) >= 11 is 0. The first-order valence-electron chi connectivity index (χ1n) is 5.77. The van der Waals surface area contributed by atoms with Crippen molar-refractivity contribution in [2.75, 3.05) is 5.32 Å². The lowest BCUT2D eigenvalue weighted by Crippen LogP contribution is -2.14. The van der Waals surface area contributed by atoms with E-state index in [1.165, 1.54) is 6.33 Å². The highest BCUT2D eigenvalue weighted by molar-refractivity contribution is 6.07. The number of anilines is 1. The number of aromatic amines is 1. The standard InChI is InChI=1S/C13H11N5O/c1-8-4-5-10(9-3-2-6-14-11(8)9)17-13(19)12-15-7-16-18-12/h2-7H,1H3,(H,17,19)(H,15,16,18). The van der Waals surface area contributed by atoms with Crippen LogP contribution in [0.2, 0.25) is 0 Å². The first kappa shape index (κ1) is 11.3. The van der Waals surface area contributed by atoms with E-state index in [0.717, 1.165) is 16.5 Å². The van der Waals surface area contributed by atoms with Crippen LogP contribution < -0.4 is 5.32 Å². The zero-order valence-electron chi connectivity index (χ0n) is 10.2. The predicted octanol–water partition coefficient (Wildman–Crippen LogP) is 1.91. The Kier molecular flexibility index (Phi) is 2.68. The lowest BCUT2D eigenvalue weighted by atomic mass is 10.1. The number of aromatic nitrogens is 4. The van der Waals surface area contributed by atoms with Gasteiger partial charge in [0.1, 0.15) is 6.33 Å².